The van der Waals surface area contributed by atoms with E-state index in [-0.39, 0.29) is 31.1 Å². The summed E-state index contributed by atoms with van der Waals surface area (Å²) in [4.78, 5) is 38.2. The van der Waals surface area contributed by atoms with Crippen LogP contribution in [0.5, 0.6) is 0 Å². The van der Waals surface area contributed by atoms with Crippen molar-refractivity contribution in [1.82, 2.24) is 0 Å². The molecule has 1 atom stereocenters. The number of hydrogen-bond donors (Lipinski definition) is 0. The van der Waals surface area contributed by atoms with E-state index in [0.717, 1.165) is 122 Å². The van der Waals surface area contributed by atoms with Crippen molar-refractivity contribution in [3.8, 4) is 0 Å². The molecular weight excluding hydrogens is 877 g/mol. The number of allylic oxidation sites excluding steroid dienone is 14. The lowest BCUT2D eigenvalue weighted by Crippen LogP contribution is -2.30. The van der Waals surface area contributed by atoms with E-state index in [9.17, 15) is 14.4 Å². The molecule has 0 aliphatic carbocycles. The molecule has 0 aromatic heterocycles. The van der Waals surface area contributed by atoms with E-state index in [1.165, 1.54) is 128 Å². The number of esters is 3. The molecule has 6 nitrogen and oxygen atoms in total. The van der Waals surface area contributed by atoms with Gasteiger partial charge in [-0.1, -0.05) is 266 Å². The lowest BCUT2D eigenvalue weighted by molar-refractivity contribution is -0.167. The smallest absolute Gasteiger partial charge is 0.306 e. The predicted molar refractivity (Wildman–Crippen MR) is 307 cm³/mol. The summed E-state index contributed by atoms with van der Waals surface area (Å²) in [6.07, 6.45) is 77.4. The van der Waals surface area contributed by atoms with Crippen molar-refractivity contribution in [3.05, 3.63) is 85.1 Å². The van der Waals surface area contributed by atoms with Crippen LogP contribution in [0, 0.1) is 0 Å². The molecule has 0 amide bonds. The summed E-state index contributed by atoms with van der Waals surface area (Å²) in [5.41, 5.74) is 0. The molecule has 0 aromatic rings. The average molecular weight is 990 g/mol. The van der Waals surface area contributed by atoms with Crippen molar-refractivity contribution in [2.24, 2.45) is 0 Å². The van der Waals surface area contributed by atoms with Crippen LogP contribution in [-0.4, -0.2) is 37.2 Å². The lowest BCUT2D eigenvalue weighted by Gasteiger charge is -2.18. The molecule has 0 rings (SSSR count). The number of ether oxygens (including phenoxy) is 3. The van der Waals surface area contributed by atoms with Crippen LogP contribution < -0.4 is 0 Å². The van der Waals surface area contributed by atoms with Gasteiger partial charge in [0.25, 0.3) is 0 Å². The predicted octanol–water partition coefficient (Wildman–Crippen LogP) is 20.3. The second-order valence-electron chi connectivity index (χ2n) is 19.9. The average Bonchev–Trinajstić information content (AvgIpc) is 3.37. The summed E-state index contributed by atoms with van der Waals surface area (Å²) in [7, 11) is 0. The highest BCUT2D eigenvalue weighted by Gasteiger charge is 2.19. The second-order valence-corrected chi connectivity index (χ2v) is 19.9. The summed E-state index contributed by atoms with van der Waals surface area (Å²) in [6.45, 7) is 6.39. The molecular formula is C65H112O6. The standard InChI is InChI=1S/C65H112O6/c1-4-7-10-13-16-19-22-25-27-29-30-31-32-33-34-36-37-40-43-46-49-52-55-58-64(67)70-61-62(60-69-63(66)57-54-51-48-45-42-39-24-21-18-15-12-9-6-3)71-65(68)59-56-53-50-47-44-41-38-35-28-26-23-20-17-14-11-8-5-2/h8-9,11-12,17-18,20-21,26,28,38-39,41-42,62H,4-7,10,13-16,19,22-25,27,29-37,40,43-61H2,1-3H3/b11-8-,12-9-,20-17-,21-18-,28-26-,41-38-,42-39-. The highest BCUT2D eigenvalue weighted by atomic mass is 16.6. The largest absolute Gasteiger partial charge is 0.462 e. The van der Waals surface area contributed by atoms with E-state index >= 15 is 0 Å². The normalized spacial score (nSPS) is 12.7. The quantitative estimate of drug-likeness (QED) is 0.0261. The number of unbranched alkanes of at least 4 members (excludes halogenated alkanes) is 29. The molecule has 6 heteroatoms. The number of carbonyl (C=O) groups is 3. The fraction of sp³-hybridized carbons (Fsp3) is 0.738. The monoisotopic (exact) mass is 989 g/mol. The fourth-order valence-electron chi connectivity index (χ4n) is 8.45. The second kappa shape index (κ2) is 59.2. The Balaban J connectivity index is 4.34. The van der Waals surface area contributed by atoms with Crippen LogP contribution in [0.3, 0.4) is 0 Å². The summed E-state index contributed by atoms with van der Waals surface area (Å²) >= 11 is 0. The number of carbonyl (C=O) groups excluding carboxylic acids is 3. The maximum atomic E-state index is 12.9. The van der Waals surface area contributed by atoms with Gasteiger partial charge in [-0.15, -0.1) is 0 Å². The molecule has 0 aromatic carbocycles. The van der Waals surface area contributed by atoms with Crippen molar-refractivity contribution in [3.63, 3.8) is 0 Å². The summed E-state index contributed by atoms with van der Waals surface area (Å²) in [6, 6.07) is 0. The third kappa shape index (κ3) is 57.4. The minimum atomic E-state index is -0.801. The van der Waals surface area contributed by atoms with E-state index in [1.807, 2.05) is 0 Å². The Morgan fingerprint density at radius 2 is 0.549 bits per heavy atom. The van der Waals surface area contributed by atoms with Gasteiger partial charge in [0.05, 0.1) is 0 Å². The van der Waals surface area contributed by atoms with Crippen molar-refractivity contribution >= 4 is 17.9 Å². The first-order valence-corrected chi connectivity index (χ1v) is 30.1. The maximum absolute atomic E-state index is 12.9. The fourth-order valence-corrected chi connectivity index (χ4v) is 8.45. The molecule has 0 heterocycles. The highest BCUT2D eigenvalue weighted by Crippen LogP contribution is 2.17. The Kier molecular flexibility index (Phi) is 56.3. The van der Waals surface area contributed by atoms with Crippen molar-refractivity contribution in [2.75, 3.05) is 13.2 Å². The summed E-state index contributed by atoms with van der Waals surface area (Å²) < 4.78 is 16.8. The molecule has 0 N–H and O–H groups in total. The van der Waals surface area contributed by atoms with Crippen LogP contribution in [0.1, 0.15) is 290 Å². The lowest BCUT2D eigenvalue weighted by atomic mass is 10.0. The van der Waals surface area contributed by atoms with Gasteiger partial charge in [0.1, 0.15) is 13.2 Å². The molecule has 0 saturated carbocycles. The van der Waals surface area contributed by atoms with E-state index < -0.39 is 6.10 Å². The van der Waals surface area contributed by atoms with Crippen LogP contribution >= 0.6 is 0 Å². The van der Waals surface area contributed by atoms with E-state index in [1.54, 1.807) is 0 Å². The molecule has 0 fully saturated rings. The molecule has 71 heavy (non-hydrogen) atoms. The molecule has 0 aliphatic rings. The van der Waals surface area contributed by atoms with Gasteiger partial charge in [0.15, 0.2) is 6.10 Å². The van der Waals surface area contributed by atoms with Gasteiger partial charge in [0.2, 0.25) is 0 Å². The summed E-state index contributed by atoms with van der Waals surface area (Å²) in [5, 5.41) is 0. The van der Waals surface area contributed by atoms with Gasteiger partial charge in [-0.2, -0.15) is 0 Å². The summed E-state index contributed by atoms with van der Waals surface area (Å²) in [5.74, 6) is -0.940. The van der Waals surface area contributed by atoms with Gasteiger partial charge in [-0.25, -0.2) is 0 Å². The SMILES string of the molecule is CC/C=C\C/C=C\C/C=C\C/C=C\CCCCCCC(=O)OC(COC(=O)CCCCC/C=C\C/C=C\C/C=C\CC)COC(=O)CCCCCCCCCCCCCCCCCCCCCCCCC. The first kappa shape index (κ1) is 67.6. The molecule has 0 saturated heterocycles. The Bertz CT molecular complexity index is 1370. The third-order valence-electron chi connectivity index (χ3n) is 12.9. The topological polar surface area (TPSA) is 78.9 Å². The Hall–Kier alpha value is -3.41. The highest BCUT2D eigenvalue weighted by molar-refractivity contribution is 5.71. The van der Waals surface area contributed by atoms with Gasteiger partial charge >= 0.3 is 17.9 Å². The molecule has 0 bridgehead atoms. The Morgan fingerprint density at radius 3 is 0.873 bits per heavy atom. The third-order valence-corrected chi connectivity index (χ3v) is 12.9. The van der Waals surface area contributed by atoms with Crippen LogP contribution in [0.15, 0.2) is 85.1 Å². The zero-order valence-electron chi connectivity index (χ0n) is 46.7. The first-order chi connectivity index (χ1) is 35.0. The Labute approximate surface area is 439 Å². The van der Waals surface area contributed by atoms with Crippen LogP contribution in [-0.2, 0) is 28.6 Å². The van der Waals surface area contributed by atoms with Gasteiger partial charge in [-0.3, -0.25) is 14.4 Å². The van der Waals surface area contributed by atoms with Gasteiger partial charge < -0.3 is 14.2 Å². The number of hydrogen-bond acceptors (Lipinski definition) is 6. The number of rotatable bonds is 54. The zero-order valence-corrected chi connectivity index (χ0v) is 46.7. The van der Waals surface area contributed by atoms with E-state index in [0.29, 0.717) is 19.3 Å². The van der Waals surface area contributed by atoms with E-state index in [2.05, 4.69) is 106 Å². The molecule has 0 aliphatic heterocycles. The molecule has 1 unspecified atom stereocenters. The molecule has 408 valence electrons. The zero-order chi connectivity index (χ0) is 51.4. The maximum Gasteiger partial charge on any atom is 0.306 e. The first-order valence-electron chi connectivity index (χ1n) is 30.1. The van der Waals surface area contributed by atoms with Gasteiger partial charge in [-0.05, 0) is 89.9 Å². The molecule has 0 spiro atoms. The van der Waals surface area contributed by atoms with Crippen LogP contribution in [0.4, 0.5) is 0 Å². The van der Waals surface area contributed by atoms with Crippen molar-refractivity contribution in [1.29, 1.82) is 0 Å². The minimum absolute atomic E-state index is 0.0942. The van der Waals surface area contributed by atoms with Crippen LogP contribution in [0.2, 0.25) is 0 Å². The van der Waals surface area contributed by atoms with E-state index in [4.69, 9.17) is 14.2 Å². The van der Waals surface area contributed by atoms with Crippen molar-refractivity contribution < 1.29 is 28.6 Å². The minimum Gasteiger partial charge on any atom is -0.462 e. The van der Waals surface area contributed by atoms with Crippen molar-refractivity contribution in [2.45, 2.75) is 297 Å². The van der Waals surface area contributed by atoms with Gasteiger partial charge in [0, 0.05) is 19.3 Å². The molecule has 0 radical (unpaired) electrons. The Morgan fingerprint density at radius 1 is 0.296 bits per heavy atom. The van der Waals surface area contributed by atoms with Crippen LogP contribution in [0.25, 0.3) is 0 Å².